The number of hydrogen-bond acceptors (Lipinski definition) is 3. The fourth-order valence-corrected chi connectivity index (χ4v) is 2.94. The Morgan fingerprint density at radius 1 is 1.12 bits per heavy atom. The molecule has 2 aromatic carbocycles. The van der Waals surface area contributed by atoms with Crippen molar-refractivity contribution >= 4 is 33.2 Å². The summed E-state index contributed by atoms with van der Waals surface area (Å²) in [6, 6.07) is 12.9. The Hall–Kier alpha value is -2.33. The molecule has 5 nitrogen and oxygen atoms in total. The van der Waals surface area contributed by atoms with Crippen molar-refractivity contribution in [1.82, 2.24) is 4.72 Å². The van der Waals surface area contributed by atoms with E-state index in [0.29, 0.717) is 16.3 Å². The van der Waals surface area contributed by atoms with Gasteiger partial charge in [-0.2, -0.15) is 4.72 Å². The van der Waals surface area contributed by atoms with Gasteiger partial charge in [0, 0.05) is 18.2 Å². The fourth-order valence-electron chi connectivity index (χ4n) is 1.84. The van der Waals surface area contributed by atoms with Crippen molar-refractivity contribution in [3.63, 3.8) is 0 Å². The number of sulfonamides is 1. The van der Waals surface area contributed by atoms with Crippen LogP contribution in [0.5, 0.6) is 0 Å². The topological polar surface area (TPSA) is 75.3 Å². The molecule has 0 aromatic heterocycles. The molecule has 0 saturated heterocycles. The van der Waals surface area contributed by atoms with Gasteiger partial charge < -0.3 is 5.32 Å². The molecule has 0 heterocycles. The third kappa shape index (κ3) is 5.10. The van der Waals surface area contributed by atoms with Crippen LogP contribution in [0.25, 0.3) is 0 Å². The van der Waals surface area contributed by atoms with Crippen LogP contribution >= 0.6 is 11.6 Å². The summed E-state index contributed by atoms with van der Waals surface area (Å²) < 4.78 is 26.7. The number of carbonyl (C=O) groups excluding carboxylic acids is 1. The van der Waals surface area contributed by atoms with Crippen LogP contribution in [0.4, 0.5) is 5.69 Å². The van der Waals surface area contributed by atoms with E-state index in [1.807, 2.05) is 0 Å². The van der Waals surface area contributed by atoms with Crippen molar-refractivity contribution in [3.05, 3.63) is 59.1 Å². The summed E-state index contributed by atoms with van der Waals surface area (Å²) in [5, 5.41) is 3.09. The molecule has 0 radical (unpaired) electrons. The molecule has 7 heteroatoms. The van der Waals surface area contributed by atoms with Crippen molar-refractivity contribution < 1.29 is 13.2 Å². The van der Waals surface area contributed by atoms with Crippen LogP contribution in [0, 0.1) is 11.8 Å². The van der Waals surface area contributed by atoms with E-state index in [2.05, 4.69) is 21.9 Å². The predicted molar refractivity (Wildman–Crippen MR) is 94.3 cm³/mol. The maximum atomic E-state index is 12.2. The Morgan fingerprint density at radius 2 is 1.79 bits per heavy atom. The number of carbonyl (C=O) groups is 1. The standard InChI is InChI=1S/C17H15ClN2O3S/c1-13(21)20-15-8-10-16(11-9-15)24(22,23)19-12-4-6-14-5-2-3-7-17(14)18/h2-3,5,7-11,19H,12H2,1H3,(H,20,21). The lowest BCUT2D eigenvalue weighted by atomic mass is 10.2. The summed E-state index contributed by atoms with van der Waals surface area (Å²) in [6.45, 7) is 1.34. The molecule has 2 rings (SSSR count). The summed E-state index contributed by atoms with van der Waals surface area (Å²) in [5.41, 5.74) is 1.16. The Labute approximate surface area is 146 Å². The highest BCUT2D eigenvalue weighted by molar-refractivity contribution is 7.89. The fraction of sp³-hybridized carbons (Fsp3) is 0.118. The number of anilines is 1. The number of rotatable bonds is 4. The average Bonchev–Trinajstić information content (AvgIpc) is 2.53. The zero-order chi connectivity index (χ0) is 17.6. The van der Waals surface area contributed by atoms with Crippen LogP contribution in [0.1, 0.15) is 12.5 Å². The summed E-state index contributed by atoms with van der Waals surface area (Å²) in [5.74, 6) is 5.31. The van der Waals surface area contributed by atoms with Gasteiger partial charge in [-0.25, -0.2) is 8.42 Å². The average molecular weight is 363 g/mol. The second-order valence-electron chi connectivity index (χ2n) is 4.81. The van der Waals surface area contributed by atoms with Gasteiger partial charge in [0.05, 0.1) is 16.5 Å². The Balaban J connectivity index is 2.02. The number of nitrogens with one attached hydrogen (secondary N) is 2. The molecule has 2 aromatic rings. The van der Waals surface area contributed by atoms with E-state index < -0.39 is 10.0 Å². The van der Waals surface area contributed by atoms with E-state index in [9.17, 15) is 13.2 Å². The molecule has 124 valence electrons. The van der Waals surface area contributed by atoms with Crippen LogP contribution in [-0.2, 0) is 14.8 Å². The molecule has 0 saturated carbocycles. The van der Waals surface area contributed by atoms with Crippen molar-refractivity contribution in [2.45, 2.75) is 11.8 Å². The monoisotopic (exact) mass is 362 g/mol. The van der Waals surface area contributed by atoms with Crippen LogP contribution in [0.3, 0.4) is 0 Å². The summed E-state index contributed by atoms with van der Waals surface area (Å²) in [7, 11) is -3.67. The maximum absolute atomic E-state index is 12.2. The van der Waals surface area contributed by atoms with Crippen LogP contribution in [-0.4, -0.2) is 20.9 Å². The molecule has 24 heavy (non-hydrogen) atoms. The third-order valence-electron chi connectivity index (χ3n) is 2.93. The number of hydrogen-bond donors (Lipinski definition) is 2. The van der Waals surface area contributed by atoms with Gasteiger partial charge in [0.2, 0.25) is 15.9 Å². The van der Waals surface area contributed by atoms with Gasteiger partial charge in [-0.3, -0.25) is 4.79 Å². The molecule has 0 spiro atoms. The molecule has 0 fully saturated rings. The number of benzene rings is 2. The molecule has 0 unspecified atom stereocenters. The van der Waals surface area contributed by atoms with Crippen LogP contribution in [0.15, 0.2) is 53.4 Å². The van der Waals surface area contributed by atoms with E-state index in [4.69, 9.17) is 11.6 Å². The maximum Gasteiger partial charge on any atom is 0.241 e. The predicted octanol–water partition coefficient (Wildman–Crippen LogP) is 2.63. The van der Waals surface area contributed by atoms with E-state index in [0.717, 1.165) is 0 Å². The first-order chi connectivity index (χ1) is 11.4. The molecule has 0 aliphatic carbocycles. The number of halogens is 1. The Bertz CT molecular complexity index is 897. The third-order valence-corrected chi connectivity index (χ3v) is 4.68. The minimum absolute atomic E-state index is 0.0407. The molecule has 2 N–H and O–H groups in total. The van der Waals surface area contributed by atoms with Crippen molar-refractivity contribution in [1.29, 1.82) is 0 Å². The lowest BCUT2D eigenvalue weighted by Gasteiger charge is -2.06. The van der Waals surface area contributed by atoms with E-state index in [-0.39, 0.29) is 17.3 Å². The smallest absolute Gasteiger partial charge is 0.241 e. The minimum Gasteiger partial charge on any atom is -0.326 e. The van der Waals surface area contributed by atoms with Gasteiger partial charge in [-0.15, -0.1) is 0 Å². The van der Waals surface area contributed by atoms with Crippen molar-refractivity contribution in [2.24, 2.45) is 0 Å². The highest BCUT2D eigenvalue weighted by Crippen LogP contribution is 2.14. The molecule has 0 bridgehead atoms. The second kappa shape index (κ2) is 7.97. The van der Waals surface area contributed by atoms with E-state index in [1.165, 1.54) is 31.2 Å². The molecular weight excluding hydrogens is 348 g/mol. The van der Waals surface area contributed by atoms with Gasteiger partial charge in [0.15, 0.2) is 0 Å². The lowest BCUT2D eigenvalue weighted by Crippen LogP contribution is -2.24. The molecule has 0 atom stereocenters. The van der Waals surface area contributed by atoms with Crippen LogP contribution in [0.2, 0.25) is 5.02 Å². The molecule has 1 amide bonds. The number of amides is 1. The normalized spacial score (nSPS) is 10.6. The zero-order valence-corrected chi connectivity index (χ0v) is 14.4. The van der Waals surface area contributed by atoms with Crippen molar-refractivity contribution in [3.8, 4) is 11.8 Å². The van der Waals surface area contributed by atoms with Gasteiger partial charge in [-0.05, 0) is 36.4 Å². The largest absolute Gasteiger partial charge is 0.326 e. The molecule has 0 aliphatic heterocycles. The highest BCUT2D eigenvalue weighted by Gasteiger charge is 2.12. The summed E-state index contributed by atoms with van der Waals surface area (Å²) in [4.78, 5) is 11.0. The van der Waals surface area contributed by atoms with E-state index in [1.54, 1.807) is 24.3 Å². The summed E-state index contributed by atoms with van der Waals surface area (Å²) >= 11 is 5.97. The summed E-state index contributed by atoms with van der Waals surface area (Å²) in [6.07, 6.45) is 0. The van der Waals surface area contributed by atoms with Crippen molar-refractivity contribution in [2.75, 3.05) is 11.9 Å². The second-order valence-corrected chi connectivity index (χ2v) is 6.99. The van der Waals surface area contributed by atoms with Gasteiger partial charge in [0.1, 0.15) is 0 Å². The van der Waals surface area contributed by atoms with Gasteiger partial charge in [-0.1, -0.05) is 35.6 Å². The molecule has 0 aliphatic rings. The first-order valence-electron chi connectivity index (χ1n) is 6.99. The highest BCUT2D eigenvalue weighted by atomic mass is 35.5. The quantitative estimate of drug-likeness (QED) is 0.821. The first kappa shape index (κ1) is 18.0. The first-order valence-corrected chi connectivity index (χ1v) is 8.85. The van der Waals surface area contributed by atoms with Gasteiger partial charge in [0.25, 0.3) is 0 Å². The lowest BCUT2D eigenvalue weighted by molar-refractivity contribution is -0.114. The SMILES string of the molecule is CC(=O)Nc1ccc(S(=O)(=O)NCC#Cc2ccccc2Cl)cc1. The minimum atomic E-state index is -3.67. The Kier molecular flexibility index (Phi) is 5.99. The molecular formula is C17H15ClN2O3S. The van der Waals surface area contributed by atoms with E-state index >= 15 is 0 Å². The zero-order valence-electron chi connectivity index (χ0n) is 12.8. The van der Waals surface area contributed by atoms with Crippen LogP contribution < -0.4 is 10.0 Å². The Morgan fingerprint density at radius 3 is 2.42 bits per heavy atom. The van der Waals surface area contributed by atoms with Gasteiger partial charge >= 0.3 is 0 Å².